The third-order valence-electron chi connectivity index (χ3n) is 5.47. The zero-order valence-electron chi connectivity index (χ0n) is 16.7. The Hall–Kier alpha value is -0.970. The van der Waals surface area contributed by atoms with Crippen LogP contribution in [0, 0.1) is 0 Å². The van der Waals surface area contributed by atoms with Crippen molar-refractivity contribution in [2.75, 3.05) is 26.2 Å². The first-order chi connectivity index (χ1) is 14.4. The van der Waals surface area contributed by atoms with Gasteiger partial charge < -0.3 is 9.64 Å². The summed E-state index contributed by atoms with van der Waals surface area (Å²) in [6.07, 6.45) is 5.93. The molecule has 0 aromatic heterocycles. The van der Waals surface area contributed by atoms with E-state index >= 15 is 0 Å². The van der Waals surface area contributed by atoms with E-state index in [1.807, 2.05) is 12.1 Å². The van der Waals surface area contributed by atoms with Gasteiger partial charge in [0.2, 0.25) is 0 Å². The molecular formula is C23H25Cl4NO2. The van der Waals surface area contributed by atoms with Crippen LogP contribution in [-0.4, -0.2) is 37.1 Å². The van der Waals surface area contributed by atoms with Crippen molar-refractivity contribution in [1.82, 2.24) is 4.90 Å². The number of carbonyl (C=O) groups excluding carboxylic acids is 1. The molecule has 0 spiro atoms. The van der Waals surface area contributed by atoms with Gasteiger partial charge >= 0.3 is 5.97 Å². The lowest BCUT2D eigenvalue weighted by atomic mass is 9.96. The Morgan fingerprint density at radius 2 is 1.63 bits per heavy atom. The molecule has 30 heavy (non-hydrogen) atoms. The quantitative estimate of drug-likeness (QED) is 0.377. The number of ether oxygens (including phenoxy) is 1. The van der Waals surface area contributed by atoms with Gasteiger partial charge in [0.25, 0.3) is 0 Å². The van der Waals surface area contributed by atoms with Crippen LogP contribution in [0.5, 0.6) is 0 Å². The van der Waals surface area contributed by atoms with Gasteiger partial charge in [-0.15, -0.1) is 0 Å². The van der Waals surface area contributed by atoms with Crippen molar-refractivity contribution in [3.8, 4) is 0 Å². The lowest BCUT2D eigenvalue weighted by molar-refractivity contribution is 0.0471. The molecule has 1 heterocycles. The van der Waals surface area contributed by atoms with Crippen LogP contribution in [0.25, 0.3) is 0 Å². The molecule has 0 radical (unpaired) electrons. The van der Waals surface area contributed by atoms with Gasteiger partial charge in [-0.3, -0.25) is 0 Å². The number of benzene rings is 2. The Bertz CT molecular complexity index is 866. The number of rotatable bonds is 7. The van der Waals surface area contributed by atoms with E-state index in [9.17, 15) is 4.79 Å². The maximum Gasteiger partial charge on any atom is 0.339 e. The molecule has 1 fully saturated rings. The SMILES string of the molecule is O=C(OCC(CCN1CCCCCC1)c1ccc(Cl)c(Cl)c1)c1ccc(Cl)cc1Cl. The third kappa shape index (κ3) is 6.77. The minimum Gasteiger partial charge on any atom is -0.461 e. The average molecular weight is 489 g/mol. The maximum absolute atomic E-state index is 12.6. The summed E-state index contributed by atoms with van der Waals surface area (Å²) in [6, 6.07) is 10.3. The van der Waals surface area contributed by atoms with Crippen LogP contribution in [0.2, 0.25) is 20.1 Å². The number of nitrogens with zero attached hydrogens (tertiary/aromatic N) is 1. The monoisotopic (exact) mass is 487 g/mol. The van der Waals surface area contributed by atoms with Crippen molar-refractivity contribution < 1.29 is 9.53 Å². The zero-order chi connectivity index (χ0) is 21.5. The minimum absolute atomic E-state index is 0.0121. The van der Waals surface area contributed by atoms with Crippen LogP contribution in [0.1, 0.15) is 53.9 Å². The Morgan fingerprint density at radius 1 is 0.900 bits per heavy atom. The van der Waals surface area contributed by atoms with Gasteiger partial charge in [0.1, 0.15) is 0 Å². The lowest BCUT2D eigenvalue weighted by Crippen LogP contribution is -2.28. The molecule has 1 aliphatic rings. The van der Waals surface area contributed by atoms with E-state index in [2.05, 4.69) is 4.90 Å². The van der Waals surface area contributed by atoms with Crippen molar-refractivity contribution in [2.45, 2.75) is 38.0 Å². The summed E-state index contributed by atoms with van der Waals surface area (Å²) in [5.41, 5.74) is 1.32. The second-order valence-corrected chi connectivity index (χ2v) is 9.30. The second-order valence-electron chi connectivity index (χ2n) is 7.64. The molecule has 1 saturated heterocycles. The highest BCUT2D eigenvalue weighted by Gasteiger charge is 2.20. The van der Waals surface area contributed by atoms with Crippen molar-refractivity contribution in [3.05, 3.63) is 67.6 Å². The highest BCUT2D eigenvalue weighted by atomic mass is 35.5. The van der Waals surface area contributed by atoms with Crippen molar-refractivity contribution >= 4 is 52.4 Å². The molecule has 0 bridgehead atoms. The number of hydrogen-bond donors (Lipinski definition) is 0. The zero-order valence-corrected chi connectivity index (χ0v) is 19.7. The van der Waals surface area contributed by atoms with Crippen LogP contribution in [-0.2, 0) is 4.74 Å². The van der Waals surface area contributed by atoms with E-state index in [0.29, 0.717) is 20.6 Å². The minimum atomic E-state index is -0.462. The molecule has 2 aromatic rings. The summed E-state index contributed by atoms with van der Waals surface area (Å²) in [5, 5.41) is 1.77. The van der Waals surface area contributed by atoms with E-state index in [4.69, 9.17) is 51.1 Å². The summed E-state index contributed by atoms with van der Waals surface area (Å²) in [6.45, 7) is 3.43. The molecule has 0 aliphatic carbocycles. The molecule has 1 aliphatic heterocycles. The summed E-state index contributed by atoms with van der Waals surface area (Å²) >= 11 is 24.4. The molecule has 162 valence electrons. The molecule has 3 nitrogen and oxygen atoms in total. The number of halogens is 4. The fraction of sp³-hybridized carbons (Fsp3) is 0.435. The molecule has 2 aromatic carbocycles. The van der Waals surface area contributed by atoms with Crippen molar-refractivity contribution in [1.29, 1.82) is 0 Å². The highest BCUT2D eigenvalue weighted by Crippen LogP contribution is 2.29. The second kappa shape index (κ2) is 11.6. The number of carbonyl (C=O) groups is 1. The van der Waals surface area contributed by atoms with Crippen LogP contribution >= 0.6 is 46.4 Å². The summed E-state index contributed by atoms with van der Waals surface area (Å²) in [5.74, 6) is -0.449. The van der Waals surface area contributed by atoms with Gasteiger partial charge in [0.15, 0.2) is 0 Å². The first-order valence-electron chi connectivity index (χ1n) is 10.2. The number of esters is 1. The highest BCUT2D eigenvalue weighted by molar-refractivity contribution is 6.42. The standard InChI is InChI=1S/C23H25Cl4NO2/c24-18-6-7-19(21(26)14-18)23(29)30-15-17(16-5-8-20(25)22(27)13-16)9-12-28-10-3-1-2-4-11-28/h5-8,13-14,17H,1-4,9-12,15H2. The first-order valence-corrected chi connectivity index (χ1v) is 11.7. The molecule has 0 N–H and O–H groups in total. The molecule has 1 unspecified atom stereocenters. The topological polar surface area (TPSA) is 29.5 Å². The predicted molar refractivity (Wildman–Crippen MR) is 125 cm³/mol. The average Bonchev–Trinajstić information content (AvgIpc) is 2.99. The molecule has 0 saturated carbocycles. The predicted octanol–water partition coefficient (Wildman–Crippen LogP) is 7.51. The first kappa shape index (κ1) is 23.7. The fourth-order valence-electron chi connectivity index (χ4n) is 3.72. The molecular weight excluding hydrogens is 464 g/mol. The van der Waals surface area contributed by atoms with Gasteiger partial charge in [0, 0.05) is 10.9 Å². The molecule has 7 heteroatoms. The molecule has 1 atom stereocenters. The van der Waals surface area contributed by atoms with Gasteiger partial charge in [-0.25, -0.2) is 4.79 Å². The molecule has 0 amide bonds. The van der Waals surface area contributed by atoms with Crippen LogP contribution in [0.3, 0.4) is 0 Å². The van der Waals surface area contributed by atoms with E-state index in [0.717, 1.165) is 31.6 Å². The Kier molecular flexibility index (Phi) is 9.15. The van der Waals surface area contributed by atoms with Crippen LogP contribution in [0.15, 0.2) is 36.4 Å². The van der Waals surface area contributed by atoms with Crippen molar-refractivity contribution in [3.63, 3.8) is 0 Å². The maximum atomic E-state index is 12.6. The van der Waals surface area contributed by atoms with E-state index in [-0.39, 0.29) is 17.5 Å². The molecule has 3 rings (SSSR count). The number of likely N-dealkylation sites (tertiary alicyclic amines) is 1. The smallest absolute Gasteiger partial charge is 0.339 e. The van der Waals surface area contributed by atoms with Gasteiger partial charge in [-0.1, -0.05) is 65.3 Å². The van der Waals surface area contributed by atoms with Gasteiger partial charge in [-0.05, 0) is 74.8 Å². The normalized spacial score (nSPS) is 16.1. The number of hydrogen-bond acceptors (Lipinski definition) is 3. The Balaban J connectivity index is 1.69. The summed E-state index contributed by atoms with van der Waals surface area (Å²) in [7, 11) is 0. The fourth-order valence-corrected chi connectivity index (χ4v) is 4.51. The Labute approximate surface area is 198 Å². The largest absolute Gasteiger partial charge is 0.461 e. The van der Waals surface area contributed by atoms with Gasteiger partial charge in [-0.2, -0.15) is 0 Å². The lowest BCUT2D eigenvalue weighted by Gasteiger charge is -2.24. The summed E-state index contributed by atoms with van der Waals surface area (Å²) in [4.78, 5) is 15.1. The van der Waals surface area contributed by atoms with Crippen LogP contribution < -0.4 is 0 Å². The van der Waals surface area contributed by atoms with E-state index < -0.39 is 5.97 Å². The third-order valence-corrected chi connectivity index (χ3v) is 6.76. The van der Waals surface area contributed by atoms with Crippen LogP contribution in [0.4, 0.5) is 0 Å². The van der Waals surface area contributed by atoms with Crippen molar-refractivity contribution in [2.24, 2.45) is 0 Å². The van der Waals surface area contributed by atoms with E-state index in [1.54, 1.807) is 18.2 Å². The van der Waals surface area contributed by atoms with Gasteiger partial charge in [0.05, 0.1) is 27.2 Å². The Morgan fingerprint density at radius 3 is 2.30 bits per heavy atom. The summed E-state index contributed by atoms with van der Waals surface area (Å²) < 4.78 is 5.64. The van der Waals surface area contributed by atoms with E-state index in [1.165, 1.54) is 31.7 Å².